The van der Waals surface area contributed by atoms with Crippen molar-refractivity contribution in [3.05, 3.63) is 34.4 Å². The number of hydrogen-bond acceptors (Lipinski definition) is 2. The normalized spacial score (nSPS) is 22.9. The molecule has 0 amide bonds. The number of aryl methyl sites for hydroxylation is 3. The fraction of sp³-hybridized carbons (Fsp3) is 0.647. The predicted molar refractivity (Wildman–Crippen MR) is 87.1 cm³/mol. The van der Waals surface area contributed by atoms with Crippen molar-refractivity contribution in [1.29, 1.82) is 0 Å². The van der Waals surface area contributed by atoms with Gasteiger partial charge in [0, 0.05) is 17.8 Å². The molecular weight excluding hydrogens is 250 g/mol. The highest BCUT2D eigenvalue weighted by molar-refractivity contribution is 7.99. The molecule has 1 aromatic rings. The quantitative estimate of drug-likeness (QED) is 0.857. The Labute approximate surface area is 122 Å². The van der Waals surface area contributed by atoms with Gasteiger partial charge in [-0.05, 0) is 56.1 Å². The van der Waals surface area contributed by atoms with Gasteiger partial charge >= 0.3 is 0 Å². The van der Waals surface area contributed by atoms with E-state index in [-0.39, 0.29) is 0 Å². The summed E-state index contributed by atoms with van der Waals surface area (Å²) in [6.07, 6.45) is 4.13. The first-order valence-electron chi connectivity index (χ1n) is 7.53. The molecule has 0 aliphatic heterocycles. The van der Waals surface area contributed by atoms with E-state index in [4.69, 9.17) is 0 Å². The lowest BCUT2D eigenvalue weighted by molar-refractivity contribution is 0.530. The maximum absolute atomic E-state index is 3.81. The van der Waals surface area contributed by atoms with Crippen LogP contribution in [0.15, 0.2) is 12.1 Å². The van der Waals surface area contributed by atoms with Gasteiger partial charge in [-0.15, -0.1) is 0 Å². The van der Waals surface area contributed by atoms with Crippen molar-refractivity contribution in [2.75, 3.05) is 5.75 Å². The number of benzene rings is 1. The van der Waals surface area contributed by atoms with Gasteiger partial charge in [-0.25, -0.2) is 0 Å². The van der Waals surface area contributed by atoms with Crippen LogP contribution >= 0.6 is 11.8 Å². The number of nitrogens with one attached hydrogen (secondary N) is 1. The van der Waals surface area contributed by atoms with Crippen molar-refractivity contribution < 1.29 is 0 Å². The van der Waals surface area contributed by atoms with Crippen molar-refractivity contribution in [3.8, 4) is 0 Å². The van der Waals surface area contributed by atoms with E-state index in [2.05, 4.69) is 56.9 Å². The van der Waals surface area contributed by atoms with Crippen LogP contribution in [0.2, 0.25) is 0 Å². The minimum absolute atomic E-state index is 0.713. The lowest BCUT2D eigenvalue weighted by atomic mass is 9.99. The van der Waals surface area contributed by atoms with Crippen molar-refractivity contribution in [2.24, 2.45) is 0 Å². The van der Waals surface area contributed by atoms with E-state index in [1.807, 2.05) is 0 Å². The number of rotatable bonds is 5. The lowest BCUT2D eigenvalue weighted by Crippen LogP contribution is -2.34. The Balaban J connectivity index is 1.99. The van der Waals surface area contributed by atoms with Gasteiger partial charge in [-0.3, -0.25) is 0 Å². The van der Waals surface area contributed by atoms with Crippen LogP contribution < -0.4 is 5.32 Å². The van der Waals surface area contributed by atoms with Gasteiger partial charge in [-0.1, -0.05) is 31.0 Å². The van der Waals surface area contributed by atoms with Crippen LogP contribution in [-0.4, -0.2) is 17.0 Å². The van der Waals surface area contributed by atoms with Crippen LogP contribution in [0.4, 0.5) is 0 Å². The maximum Gasteiger partial charge on any atom is 0.0213 e. The molecule has 2 atom stereocenters. The Morgan fingerprint density at radius 2 is 1.84 bits per heavy atom. The second-order valence-corrected chi connectivity index (χ2v) is 7.31. The summed E-state index contributed by atoms with van der Waals surface area (Å²) in [6.45, 7) is 9.97. The number of thioether (sulfide) groups is 1. The molecular formula is C17H27NS. The summed E-state index contributed by atoms with van der Waals surface area (Å²) in [7, 11) is 0. The molecule has 0 radical (unpaired) electrons. The number of hydrogen-bond donors (Lipinski definition) is 1. The molecule has 1 aromatic carbocycles. The summed E-state index contributed by atoms with van der Waals surface area (Å²) in [6, 6.07) is 5.32. The van der Waals surface area contributed by atoms with Crippen LogP contribution in [0.5, 0.6) is 0 Å². The van der Waals surface area contributed by atoms with Crippen LogP contribution in [0.3, 0.4) is 0 Å². The average Bonchev–Trinajstić information content (AvgIpc) is 2.76. The molecule has 2 rings (SSSR count). The second-order valence-electron chi connectivity index (χ2n) is 5.79. The Hall–Kier alpha value is -0.470. The molecule has 0 spiro atoms. The largest absolute Gasteiger partial charge is 0.309 e. The highest BCUT2D eigenvalue weighted by Crippen LogP contribution is 2.30. The molecule has 1 aliphatic rings. The molecule has 2 unspecified atom stereocenters. The van der Waals surface area contributed by atoms with Gasteiger partial charge in [0.1, 0.15) is 0 Å². The molecule has 0 aromatic heterocycles. The highest BCUT2D eigenvalue weighted by atomic mass is 32.2. The summed E-state index contributed by atoms with van der Waals surface area (Å²) in [5.41, 5.74) is 5.74. The predicted octanol–water partition coefficient (Wildman–Crippen LogP) is 4.38. The van der Waals surface area contributed by atoms with Gasteiger partial charge in [0.15, 0.2) is 0 Å². The molecule has 1 N–H and O–H groups in total. The first-order valence-corrected chi connectivity index (χ1v) is 8.58. The Morgan fingerprint density at radius 1 is 1.16 bits per heavy atom. The van der Waals surface area contributed by atoms with E-state index < -0.39 is 0 Å². The Kier molecular flexibility index (Phi) is 5.35. The van der Waals surface area contributed by atoms with Crippen LogP contribution in [0.1, 0.15) is 48.4 Å². The highest BCUT2D eigenvalue weighted by Gasteiger charge is 2.26. The first kappa shape index (κ1) is 14.9. The van der Waals surface area contributed by atoms with E-state index >= 15 is 0 Å². The summed E-state index contributed by atoms with van der Waals surface area (Å²) in [5, 5.41) is 4.64. The summed E-state index contributed by atoms with van der Waals surface area (Å²) >= 11 is 2.13. The van der Waals surface area contributed by atoms with Crippen LogP contribution in [0.25, 0.3) is 0 Å². The molecule has 1 fully saturated rings. The molecule has 19 heavy (non-hydrogen) atoms. The zero-order chi connectivity index (χ0) is 13.8. The zero-order valence-corrected chi connectivity index (χ0v) is 13.6. The molecule has 0 heterocycles. The minimum atomic E-state index is 0.713. The summed E-state index contributed by atoms with van der Waals surface area (Å²) in [5.74, 6) is 1.24. The topological polar surface area (TPSA) is 12.0 Å². The van der Waals surface area contributed by atoms with Crippen LogP contribution in [0, 0.1) is 20.8 Å². The molecule has 0 saturated heterocycles. The first-order chi connectivity index (χ1) is 9.11. The smallest absolute Gasteiger partial charge is 0.0213 e. The average molecular weight is 277 g/mol. The molecule has 1 nitrogen and oxygen atoms in total. The van der Waals surface area contributed by atoms with Gasteiger partial charge in [-0.2, -0.15) is 11.8 Å². The van der Waals surface area contributed by atoms with E-state index in [1.165, 1.54) is 47.3 Å². The van der Waals surface area contributed by atoms with Crippen molar-refractivity contribution >= 4 is 11.8 Å². The monoisotopic (exact) mass is 277 g/mol. The molecule has 1 aliphatic carbocycles. The van der Waals surface area contributed by atoms with E-state index in [1.54, 1.807) is 0 Å². The molecule has 106 valence electrons. The van der Waals surface area contributed by atoms with Crippen molar-refractivity contribution in [3.63, 3.8) is 0 Å². The zero-order valence-electron chi connectivity index (χ0n) is 12.8. The van der Waals surface area contributed by atoms with Gasteiger partial charge in [0.25, 0.3) is 0 Å². The third kappa shape index (κ3) is 3.76. The molecule has 1 saturated carbocycles. The maximum atomic E-state index is 3.81. The minimum Gasteiger partial charge on any atom is -0.309 e. The Bertz CT molecular complexity index is 404. The van der Waals surface area contributed by atoms with Gasteiger partial charge in [0.2, 0.25) is 0 Å². The lowest BCUT2D eigenvalue weighted by Gasteiger charge is -2.21. The second kappa shape index (κ2) is 6.81. The standard InChI is InChI=1S/C17H27NS/c1-5-19-17-8-6-7-16(17)18-11-15-13(3)9-12(2)10-14(15)4/h9-10,16-18H,5-8,11H2,1-4H3. The molecule has 0 bridgehead atoms. The van der Waals surface area contributed by atoms with Crippen molar-refractivity contribution in [2.45, 2.75) is 64.8 Å². The Morgan fingerprint density at radius 3 is 2.47 bits per heavy atom. The third-order valence-corrected chi connectivity index (χ3v) is 5.54. The van der Waals surface area contributed by atoms with Crippen LogP contribution in [-0.2, 0) is 6.54 Å². The van der Waals surface area contributed by atoms with Crippen molar-refractivity contribution in [1.82, 2.24) is 5.32 Å². The van der Waals surface area contributed by atoms with E-state index in [9.17, 15) is 0 Å². The van der Waals surface area contributed by atoms with Gasteiger partial charge < -0.3 is 5.32 Å². The fourth-order valence-corrected chi connectivity index (χ4v) is 4.52. The van der Waals surface area contributed by atoms with E-state index in [0.717, 1.165) is 11.8 Å². The third-order valence-electron chi connectivity index (χ3n) is 4.21. The SMILES string of the molecule is CCSC1CCCC1NCc1c(C)cc(C)cc1C. The van der Waals surface area contributed by atoms with E-state index in [0.29, 0.717) is 6.04 Å². The summed E-state index contributed by atoms with van der Waals surface area (Å²) < 4.78 is 0. The fourth-order valence-electron chi connectivity index (χ4n) is 3.30. The summed E-state index contributed by atoms with van der Waals surface area (Å²) in [4.78, 5) is 0. The molecule has 2 heteroatoms. The van der Waals surface area contributed by atoms with Gasteiger partial charge in [0.05, 0.1) is 0 Å².